The van der Waals surface area contributed by atoms with Crippen LogP contribution < -0.4 is 20.7 Å². The number of benzene rings is 1. The summed E-state index contributed by atoms with van der Waals surface area (Å²) in [6.45, 7) is 0. The zero-order chi connectivity index (χ0) is 24.9. The summed E-state index contributed by atoms with van der Waals surface area (Å²) in [6.07, 6.45) is 8.38. The summed E-state index contributed by atoms with van der Waals surface area (Å²) >= 11 is 1.61. The van der Waals surface area contributed by atoms with Crippen molar-refractivity contribution in [1.29, 1.82) is 0 Å². The molecule has 3 N–H and O–H groups in total. The van der Waals surface area contributed by atoms with Crippen LogP contribution in [0.2, 0.25) is 0 Å². The Morgan fingerprint density at radius 2 is 2.00 bits per heavy atom. The van der Waals surface area contributed by atoms with Crippen molar-refractivity contribution in [2.24, 2.45) is 5.92 Å². The molecule has 0 spiro atoms. The second kappa shape index (κ2) is 11.6. The molecule has 36 heavy (non-hydrogen) atoms. The molecule has 2 aromatic rings. The van der Waals surface area contributed by atoms with E-state index in [1.54, 1.807) is 18.9 Å². The van der Waals surface area contributed by atoms with Gasteiger partial charge in [-0.1, -0.05) is 18.9 Å². The smallest absolute Gasteiger partial charge is 0.247 e. The van der Waals surface area contributed by atoms with Crippen LogP contribution in [0.5, 0.6) is 5.75 Å². The minimum atomic E-state index is -0.101. The van der Waals surface area contributed by atoms with Gasteiger partial charge in [-0.3, -0.25) is 14.9 Å². The van der Waals surface area contributed by atoms with Gasteiger partial charge in [-0.15, -0.1) is 22.0 Å². The molecule has 10 heteroatoms. The molecule has 3 atom stereocenters. The number of nitrogens with one attached hydrogen (secondary N) is 3. The third-order valence-electron chi connectivity index (χ3n) is 7.55. The summed E-state index contributed by atoms with van der Waals surface area (Å²) in [4.78, 5) is 24.9. The van der Waals surface area contributed by atoms with Gasteiger partial charge in [-0.2, -0.15) is 0 Å². The number of hydrogen-bond acceptors (Lipinski definition) is 8. The van der Waals surface area contributed by atoms with Gasteiger partial charge in [0.25, 0.3) is 0 Å². The highest BCUT2D eigenvalue weighted by Crippen LogP contribution is 2.34. The largest absolute Gasteiger partial charge is 0.497 e. The summed E-state index contributed by atoms with van der Waals surface area (Å²) in [6, 6.07) is 8.04. The Bertz CT molecular complexity index is 1050. The van der Waals surface area contributed by atoms with Gasteiger partial charge >= 0.3 is 0 Å². The van der Waals surface area contributed by atoms with Crippen LogP contribution in [-0.4, -0.2) is 52.5 Å². The van der Waals surface area contributed by atoms with Crippen molar-refractivity contribution in [2.75, 3.05) is 12.9 Å². The van der Waals surface area contributed by atoms with Gasteiger partial charge in [-0.25, -0.2) is 0 Å². The number of ether oxygens (including phenoxy) is 1. The minimum absolute atomic E-state index is 0.0710. The highest BCUT2D eigenvalue weighted by molar-refractivity contribution is 7.99. The summed E-state index contributed by atoms with van der Waals surface area (Å²) in [5.74, 6) is 3.14. The van der Waals surface area contributed by atoms with Crippen LogP contribution in [0.1, 0.15) is 69.6 Å². The normalized spacial score (nSPS) is 28.1. The van der Waals surface area contributed by atoms with Gasteiger partial charge in [0.15, 0.2) is 0 Å². The molecular formula is C26H35N5O4S. The first-order valence-corrected chi connectivity index (χ1v) is 14.1. The van der Waals surface area contributed by atoms with Crippen molar-refractivity contribution in [2.45, 2.75) is 81.3 Å². The van der Waals surface area contributed by atoms with Crippen LogP contribution in [0.25, 0.3) is 11.5 Å². The Kier molecular flexibility index (Phi) is 8.11. The molecule has 194 valence electrons. The first kappa shape index (κ1) is 25.1. The maximum absolute atomic E-state index is 12.5. The maximum atomic E-state index is 12.5. The Labute approximate surface area is 215 Å². The van der Waals surface area contributed by atoms with E-state index in [-0.39, 0.29) is 41.2 Å². The number of methoxy groups -OCH3 is 1. The lowest BCUT2D eigenvalue weighted by molar-refractivity contribution is -0.129. The number of carbonyl (C=O) groups excluding carboxylic acids is 2. The molecule has 1 aromatic carbocycles. The summed E-state index contributed by atoms with van der Waals surface area (Å²) in [5, 5.41) is 18.3. The van der Waals surface area contributed by atoms with E-state index >= 15 is 0 Å². The van der Waals surface area contributed by atoms with Crippen LogP contribution >= 0.6 is 11.8 Å². The number of nitrogens with zero attached hydrogens (tertiary/aromatic N) is 2. The highest BCUT2D eigenvalue weighted by atomic mass is 32.2. The van der Waals surface area contributed by atoms with Gasteiger partial charge in [0, 0.05) is 35.7 Å². The van der Waals surface area contributed by atoms with Crippen LogP contribution in [-0.2, 0) is 9.59 Å². The van der Waals surface area contributed by atoms with E-state index in [9.17, 15) is 9.59 Å². The van der Waals surface area contributed by atoms with Crippen LogP contribution in [0.4, 0.5) is 0 Å². The van der Waals surface area contributed by atoms with Crippen molar-refractivity contribution in [1.82, 2.24) is 26.1 Å². The fourth-order valence-corrected chi connectivity index (χ4v) is 6.54. The Morgan fingerprint density at radius 1 is 1.17 bits per heavy atom. The SMILES string of the molecule is COc1cccc(-c2nnc(C3CCC(NC(=O)CCSC4NC(=O)C5CCCCC5N4)CC3)o2)c1. The fraction of sp³-hybridized carbons (Fsp3) is 0.615. The molecule has 1 aromatic heterocycles. The predicted octanol–water partition coefficient (Wildman–Crippen LogP) is 3.57. The van der Waals surface area contributed by atoms with Crippen LogP contribution in [0.15, 0.2) is 28.7 Å². The molecule has 2 amide bonds. The Morgan fingerprint density at radius 3 is 2.83 bits per heavy atom. The summed E-state index contributed by atoms with van der Waals surface area (Å²) in [7, 11) is 1.63. The van der Waals surface area contributed by atoms with E-state index in [1.807, 2.05) is 24.3 Å². The standard InChI is InChI=1S/C26H35N5O4S/c1-34-19-6-4-5-17(15-19)25-31-30-24(35-25)16-9-11-18(12-10-16)27-22(32)13-14-36-26-28-21-8-3-2-7-20(21)23(33)29-26/h4-6,15-16,18,20-21,26,28H,2-3,7-14H2,1H3,(H,27,32)(H,29,33). The molecule has 3 aliphatic rings. The number of carbonyl (C=O) groups is 2. The second-order valence-corrected chi connectivity index (χ2v) is 11.2. The average molecular weight is 514 g/mol. The van der Waals surface area contributed by atoms with E-state index in [2.05, 4.69) is 26.1 Å². The lowest BCUT2D eigenvalue weighted by atomic mass is 9.83. The molecule has 3 fully saturated rings. The van der Waals surface area contributed by atoms with Gasteiger partial charge in [-0.05, 0) is 56.7 Å². The highest BCUT2D eigenvalue weighted by Gasteiger charge is 2.37. The van der Waals surface area contributed by atoms with Crippen molar-refractivity contribution in [3.63, 3.8) is 0 Å². The number of hydrogen-bond donors (Lipinski definition) is 3. The van der Waals surface area contributed by atoms with E-state index < -0.39 is 0 Å². The number of aromatic nitrogens is 2. The van der Waals surface area contributed by atoms with Crippen LogP contribution in [0, 0.1) is 5.92 Å². The topological polar surface area (TPSA) is 118 Å². The Hall–Kier alpha value is -2.59. The van der Waals surface area contributed by atoms with Gasteiger partial charge in [0.1, 0.15) is 11.2 Å². The van der Waals surface area contributed by atoms with Crippen molar-refractivity contribution < 1.29 is 18.7 Å². The molecule has 1 saturated heterocycles. The van der Waals surface area contributed by atoms with Gasteiger partial charge in [0.2, 0.25) is 23.6 Å². The minimum Gasteiger partial charge on any atom is -0.497 e. The molecule has 5 rings (SSSR count). The third kappa shape index (κ3) is 6.03. The first-order chi connectivity index (χ1) is 17.6. The lowest BCUT2D eigenvalue weighted by Gasteiger charge is -2.39. The number of rotatable bonds is 8. The molecule has 2 saturated carbocycles. The van der Waals surface area contributed by atoms with E-state index in [0.717, 1.165) is 56.3 Å². The predicted molar refractivity (Wildman–Crippen MR) is 137 cm³/mol. The molecule has 0 radical (unpaired) electrons. The first-order valence-electron chi connectivity index (χ1n) is 13.0. The van der Waals surface area contributed by atoms with Crippen molar-refractivity contribution in [3.8, 4) is 17.2 Å². The molecule has 1 aliphatic heterocycles. The molecule has 2 heterocycles. The van der Waals surface area contributed by atoms with Crippen molar-refractivity contribution >= 4 is 23.6 Å². The van der Waals surface area contributed by atoms with E-state index in [0.29, 0.717) is 24.0 Å². The van der Waals surface area contributed by atoms with Gasteiger partial charge < -0.3 is 19.8 Å². The molecule has 9 nitrogen and oxygen atoms in total. The van der Waals surface area contributed by atoms with E-state index in [4.69, 9.17) is 9.15 Å². The zero-order valence-electron chi connectivity index (χ0n) is 20.7. The number of amides is 2. The summed E-state index contributed by atoms with van der Waals surface area (Å²) in [5.41, 5.74) is 0.741. The third-order valence-corrected chi connectivity index (χ3v) is 8.58. The average Bonchev–Trinajstić information content (AvgIpc) is 3.40. The maximum Gasteiger partial charge on any atom is 0.247 e. The summed E-state index contributed by atoms with van der Waals surface area (Å²) < 4.78 is 11.2. The van der Waals surface area contributed by atoms with Gasteiger partial charge in [0.05, 0.1) is 13.0 Å². The van der Waals surface area contributed by atoms with Crippen molar-refractivity contribution in [3.05, 3.63) is 30.2 Å². The molecular weight excluding hydrogens is 478 g/mol. The monoisotopic (exact) mass is 513 g/mol. The molecule has 2 aliphatic carbocycles. The number of thioether (sulfide) groups is 1. The lowest BCUT2D eigenvalue weighted by Crippen LogP contribution is -2.60. The van der Waals surface area contributed by atoms with Crippen LogP contribution in [0.3, 0.4) is 0 Å². The van der Waals surface area contributed by atoms with E-state index in [1.165, 1.54) is 6.42 Å². The molecule has 0 bridgehead atoms. The quantitative estimate of drug-likeness (QED) is 0.490. The number of fused-ring (bicyclic) bond motifs is 1. The fourth-order valence-electron chi connectivity index (χ4n) is 5.53. The Balaban J connectivity index is 1.02. The second-order valence-electron chi connectivity index (χ2n) is 9.97. The zero-order valence-corrected chi connectivity index (χ0v) is 21.5. The molecule has 3 unspecified atom stereocenters.